The van der Waals surface area contributed by atoms with E-state index in [1.165, 1.54) is 54.6 Å². The first-order chi connectivity index (χ1) is 48.6. The van der Waals surface area contributed by atoms with Gasteiger partial charge in [0.1, 0.15) is 0 Å². The molecule has 0 aliphatic heterocycles. The van der Waals surface area contributed by atoms with Crippen molar-refractivity contribution in [3.63, 3.8) is 0 Å². The molecule has 19 aromatic rings. The molecule has 0 bridgehead atoms. The highest BCUT2D eigenvalue weighted by Crippen LogP contribution is 2.48. The molecule has 3 heterocycles. The van der Waals surface area contributed by atoms with Gasteiger partial charge in [0.15, 0.2) is 11.6 Å². The highest BCUT2D eigenvalue weighted by Gasteiger charge is 2.26. The van der Waals surface area contributed by atoms with Crippen molar-refractivity contribution in [2.75, 3.05) is 0 Å². The fourth-order valence-electron chi connectivity index (χ4n) is 15.2. The second-order valence-electron chi connectivity index (χ2n) is 25.4. The summed E-state index contributed by atoms with van der Waals surface area (Å²) >= 11 is 0. The van der Waals surface area contributed by atoms with E-state index in [2.05, 4.69) is 331 Å². The summed E-state index contributed by atoms with van der Waals surface area (Å²) in [6.07, 6.45) is 0. The van der Waals surface area contributed by atoms with E-state index in [1.807, 2.05) is 36.4 Å². The lowest BCUT2D eigenvalue weighted by Crippen LogP contribution is -2.06. The molecule has 16 aromatic carbocycles. The monoisotopic (exact) mass is 1250 g/mol. The molecule has 98 heavy (non-hydrogen) atoms. The molecule has 0 N–H and O–H groups in total. The van der Waals surface area contributed by atoms with Crippen LogP contribution in [0, 0.1) is 0 Å². The maximum atomic E-state index is 5.49. The zero-order valence-electron chi connectivity index (χ0n) is 53.3. The fraction of sp³-hybridized carbons (Fsp3) is 0. The summed E-state index contributed by atoms with van der Waals surface area (Å²) in [5.74, 6) is 1.73. The fourth-order valence-corrected chi connectivity index (χ4v) is 15.2. The van der Waals surface area contributed by atoms with Gasteiger partial charge < -0.3 is 4.57 Å². The van der Waals surface area contributed by atoms with Crippen molar-refractivity contribution in [1.29, 1.82) is 0 Å². The minimum absolute atomic E-state index is 0.535. The Labute approximate surface area is 566 Å². The van der Waals surface area contributed by atoms with Gasteiger partial charge in [0.2, 0.25) is 5.95 Å². The Morgan fingerprint density at radius 2 is 0.612 bits per heavy atom. The number of nitrogens with zero attached hydrogens (tertiary/aromatic N) is 5. The van der Waals surface area contributed by atoms with Crippen LogP contribution in [0.1, 0.15) is 0 Å². The number of fused-ring (bicyclic) bond motifs is 10. The van der Waals surface area contributed by atoms with Crippen LogP contribution in [-0.4, -0.2) is 24.1 Å². The predicted molar refractivity (Wildman–Crippen MR) is 410 cm³/mol. The first-order valence-electron chi connectivity index (χ1n) is 33.5. The Bertz CT molecular complexity index is 6120. The van der Waals surface area contributed by atoms with Gasteiger partial charge in [-0.3, -0.25) is 4.57 Å². The van der Waals surface area contributed by atoms with E-state index >= 15 is 0 Å². The van der Waals surface area contributed by atoms with Crippen LogP contribution in [0.2, 0.25) is 0 Å². The second kappa shape index (κ2) is 23.4. The lowest BCUT2D eigenvalue weighted by atomic mass is 9.84. The third-order valence-corrected chi connectivity index (χ3v) is 19.7. The summed E-state index contributed by atoms with van der Waals surface area (Å²) in [5.41, 5.74) is 23.1. The van der Waals surface area contributed by atoms with E-state index in [0.717, 1.165) is 116 Å². The van der Waals surface area contributed by atoms with E-state index in [0.29, 0.717) is 17.6 Å². The van der Waals surface area contributed by atoms with E-state index < -0.39 is 0 Å². The van der Waals surface area contributed by atoms with Crippen LogP contribution in [0.5, 0.6) is 0 Å². The highest BCUT2D eigenvalue weighted by atomic mass is 15.2. The maximum Gasteiger partial charge on any atom is 0.238 e. The van der Waals surface area contributed by atoms with Crippen molar-refractivity contribution < 1.29 is 0 Å². The summed E-state index contributed by atoms with van der Waals surface area (Å²) in [5, 5.41) is 11.6. The molecule has 5 nitrogen and oxygen atoms in total. The molecule has 0 unspecified atom stereocenters. The normalized spacial score (nSPS) is 11.7. The van der Waals surface area contributed by atoms with Gasteiger partial charge in [-0.2, -0.15) is 9.97 Å². The molecule has 5 heteroatoms. The van der Waals surface area contributed by atoms with E-state index in [9.17, 15) is 0 Å². The Morgan fingerprint density at radius 1 is 0.194 bits per heavy atom. The summed E-state index contributed by atoms with van der Waals surface area (Å²) in [4.78, 5) is 16.2. The Balaban J connectivity index is 0.903. The molecular weight excluding hydrogens is 1190 g/mol. The van der Waals surface area contributed by atoms with Crippen LogP contribution in [0.15, 0.2) is 358 Å². The lowest BCUT2D eigenvalue weighted by Gasteiger charge is -2.19. The van der Waals surface area contributed by atoms with E-state index in [4.69, 9.17) is 15.0 Å². The third-order valence-electron chi connectivity index (χ3n) is 19.7. The molecule has 0 amide bonds. The Kier molecular flexibility index (Phi) is 13.5. The van der Waals surface area contributed by atoms with Crippen molar-refractivity contribution in [3.8, 4) is 112 Å². The van der Waals surface area contributed by atoms with Crippen molar-refractivity contribution in [2.24, 2.45) is 0 Å². The predicted octanol–water partition coefficient (Wildman–Crippen LogP) is 24.5. The average Bonchev–Trinajstić information content (AvgIpc) is 1.53. The van der Waals surface area contributed by atoms with Crippen LogP contribution in [0.25, 0.3) is 188 Å². The maximum absolute atomic E-state index is 5.49. The van der Waals surface area contributed by atoms with E-state index in [-0.39, 0.29) is 0 Å². The standard InChI is InChI=1S/C93H59N5/c1-6-25-60(26-7-1)67-53-68(61-27-8-2-9-28-61)55-70(54-67)71-56-69(57-72(58-71)76-48-49-81(78-43-23-36-63-30-17-19-40-75(63)78)88-79(76)44-24-45-80(88)77-42-22-35-62-29-16-18-39-74(62)77)66-47-51-86-84(59-66)82-50-52-87-89(83-41-20-21-46-85(83)97(87)73-37-14-5-15-38-73)90(82)98(86)93-95-91(64-31-10-3-11-32-64)94-92(96-93)65-33-12-4-13-34-65/h1-59H. The van der Waals surface area contributed by atoms with E-state index in [1.54, 1.807) is 0 Å². The van der Waals surface area contributed by atoms with Crippen LogP contribution in [0.4, 0.5) is 0 Å². The van der Waals surface area contributed by atoms with Gasteiger partial charge in [0.05, 0.1) is 22.1 Å². The van der Waals surface area contributed by atoms with Gasteiger partial charge >= 0.3 is 0 Å². The van der Waals surface area contributed by atoms with Gasteiger partial charge in [0.25, 0.3) is 0 Å². The first-order valence-corrected chi connectivity index (χ1v) is 33.5. The molecule has 0 aliphatic rings. The molecular formula is C93H59N5. The summed E-state index contributed by atoms with van der Waals surface area (Å²) in [6.45, 7) is 0. The summed E-state index contributed by atoms with van der Waals surface area (Å²) in [7, 11) is 0. The van der Waals surface area contributed by atoms with Crippen molar-refractivity contribution in [2.45, 2.75) is 0 Å². The minimum Gasteiger partial charge on any atom is -0.309 e. The number of para-hydroxylation sites is 2. The molecule has 0 radical (unpaired) electrons. The summed E-state index contributed by atoms with van der Waals surface area (Å²) in [6, 6.07) is 130. The molecule has 19 rings (SSSR count). The number of hydrogen-bond acceptors (Lipinski definition) is 3. The van der Waals surface area contributed by atoms with Crippen LogP contribution < -0.4 is 0 Å². The second-order valence-corrected chi connectivity index (χ2v) is 25.4. The van der Waals surface area contributed by atoms with Crippen LogP contribution >= 0.6 is 0 Å². The van der Waals surface area contributed by atoms with Crippen molar-refractivity contribution in [1.82, 2.24) is 24.1 Å². The number of benzene rings is 16. The van der Waals surface area contributed by atoms with Crippen molar-refractivity contribution >= 4 is 75.9 Å². The van der Waals surface area contributed by atoms with Gasteiger partial charge in [0, 0.05) is 38.4 Å². The molecule has 456 valence electrons. The first kappa shape index (κ1) is 56.5. The number of rotatable bonds is 11. The topological polar surface area (TPSA) is 48.5 Å². The zero-order valence-corrected chi connectivity index (χ0v) is 53.3. The summed E-state index contributed by atoms with van der Waals surface area (Å²) < 4.78 is 4.69. The highest BCUT2D eigenvalue weighted by molar-refractivity contribution is 6.26. The molecule has 3 aromatic heterocycles. The molecule has 0 atom stereocenters. The molecule has 0 saturated carbocycles. The Hall–Kier alpha value is -13.1. The number of aromatic nitrogens is 5. The number of hydrogen-bond donors (Lipinski definition) is 0. The van der Waals surface area contributed by atoms with Crippen LogP contribution in [-0.2, 0) is 0 Å². The molecule has 0 fully saturated rings. The van der Waals surface area contributed by atoms with Gasteiger partial charge in [-0.15, -0.1) is 0 Å². The molecule has 0 spiro atoms. The van der Waals surface area contributed by atoms with Crippen molar-refractivity contribution in [3.05, 3.63) is 358 Å². The molecule has 0 aliphatic carbocycles. The molecule has 0 saturated heterocycles. The average molecular weight is 1250 g/mol. The van der Waals surface area contributed by atoms with Gasteiger partial charge in [-0.1, -0.05) is 285 Å². The lowest BCUT2D eigenvalue weighted by molar-refractivity contribution is 0.955. The Morgan fingerprint density at radius 3 is 1.20 bits per heavy atom. The largest absolute Gasteiger partial charge is 0.309 e. The van der Waals surface area contributed by atoms with Crippen LogP contribution in [0.3, 0.4) is 0 Å². The SMILES string of the molecule is c1ccc(-c2cc(-c3ccccc3)cc(-c3cc(-c4ccc5c(c4)c4ccc6c(c7ccccc7n6-c6ccccc6)c4n5-c4nc(-c5ccccc5)nc(-c5ccccc5)n4)cc(-c4ccc(-c5cccc6ccccc56)c5c(-c6cccc7ccccc67)cccc45)c3)c2)cc1. The minimum atomic E-state index is 0.535. The van der Waals surface area contributed by atoms with Gasteiger partial charge in [-0.05, 0) is 183 Å². The van der Waals surface area contributed by atoms with Gasteiger partial charge in [-0.25, -0.2) is 4.98 Å². The zero-order chi connectivity index (χ0) is 64.6. The quantitative estimate of drug-likeness (QED) is 0.130. The smallest absolute Gasteiger partial charge is 0.238 e. The third kappa shape index (κ3) is 9.58.